The van der Waals surface area contributed by atoms with Gasteiger partial charge in [-0.2, -0.15) is 0 Å². The third-order valence-electron chi connectivity index (χ3n) is 4.15. The normalized spacial score (nSPS) is 15.8. The summed E-state index contributed by atoms with van der Waals surface area (Å²) in [6.45, 7) is 4.15. The van der Waals surface area contributed by atoms with Crippen molar-refractivity contribution in [3.63, 3.8) is 0 Å². The van der Waals surface area contributed by atoms with Crippen LogP contribution in [0.25, 0.3) is 0 Å². The van der Waals surface area contributed by atoms with E-state index < -0.39 is 0 Å². The van der Waals surface area contributed by atoms with Crippen LogP contribution in [-0.2, 0) is 6.42 Å². The zero-order valence-corrected chi connectivity index (χ0v) is 13.3. The average Bonchev–Trinajstić information content (AvgIpc) is 2.50. The maximum Gasteiger partial charge on any atom is 0.169 e. The molecule has 0 spiro atoms. The zero-order chi connectivity index (χ0) is 14.2. The highest BCUT2D eigenvalue weighted by molar-refractivity contribution is 7.80. The van der Waals surface area contributed by atoms with E-state index >= 15 is 0 Å². The molecule has 1 aromatic carbocycles. The number of hydrogen-bond donors (Lipinski definition) is 1. The van der Waals surface area contributed by atoms with Crippen LogP contribution in [0.15, 0.2) is 30.3 Å². The maximum atomic E-state index is 5.59. The molecule has 1 saturated carbocycles. The van der Waals surface area contributed by atoms with Crippen molar-refractivity contribution in [1.29, 1.82) is 0 Å². The number of benzene rings is 1. The van der Waals surface area contributed by atoms with Crippen molar-refractivity contribution in [1.82, 2.24) is 10.2 Å². The van der Waals surface area contributed by atoms with E-state index in [-0.39, 0.29) is 0 Å². The quantitative estimate of drug-likeness (QED) is 0.831. The Balaban J connectivity index is 1.77. The highest BCUT2D eigenvalue weighted by Gasteiger charge is 2.21. The third kappa shape index (κ3) is 4.48. The summed E-state index contributed by atoms with van der Waals surface area (Å²) in [6, 6.07) is 11.2. The van der Waals surface area contributed by atoms with Crippen molar-refractivity contribution in [3.05, 3.63) is 35.9 Å². The van der Waals surface area contributed by atoms with Gasteiger partial charge in [0.25, 0.3) is 0 Å². The van der Waals surface area contributed by atoms with E-state index in [1.165, 1.54) is 37.7 Å². The highest BCUT2D eigenvalue weighted by Crippen LogP contribution is 2.22. The Labute approximate surface area is 128 Å². The van der Waals surface area contributed by atoms with Crippen molar-refractivity contribution in [3.8, 4) is 0 Å². The van der Waals surface area contributed by atoms with Crippen LogP contribution in [0.3, 0.4) is 0 Å². The lowest BCUT2D eigenvalue weighted by atomic mass is 9.94. The lowest BCUT2D eigenvalue weighted by Gasteiger charge is -2.35. The molecule has 0 aromatic heterocycles. The molecule has 0 bridgehead atoms. The van der Waals surface area contributed by atoms with Crippen LogP contribution in [0.2, 0.25) is 0 Å². The maximum absolute atomic E-state index is 5.59. The molecule has 1 N–H and O–H groups in total. The van der Waals surface area contributed by atoms with Crippen molar-refractivity contribution in [2.24, 2.45) is 0 Å². The molecular formula is C17H26N2S. The fraction of sp³-hybridized carbons (Fsp3) is 0.588. The predicted octanol–water partition coefficient (Wildman–Crippen LogP) is 3.76. The van der Waals surface area contributed by atoms with E-state index in [9.17, 15) is 0 Å². The summed E-state index contributed by atoms with van der Waals surface area (Å²) >= 11 is 5.59. The molecule has 0 amide bonds. The SMILES string of the molecule is CCN(C(=S)NCCc1ccccc1)C1CCCCC1. The summed E-state index contributed by atoms with van der Waals surface area (Å²) < 4.78 is 0. The first-order valence-electron chi connectivity index (χ1n) is 7.89. The Morgan fingerprint density at radius 2 is 1.90 bits per heavy atom. The molecule has 1 fully saturated rings. The van der Waals surface area contributed by atoms with Gasteiger partial charge in [0.15, 0.2) is 5.11 Å². The van der Waals surface area contributed by atoms with Crippen molar-refractivity contribution in [2.75, 3.05) is 13.1 Å². The summed E-state index contributed by atoms with van der Waals surface area (Å²) in [4.78, 5) is 2.39. The number of thiocarbonyl (C=S) groups is 1. The first-order chi connectivity index (χ1) is 9.81. The van der Waals surface area contributed by atoms with E-state index in [0.717, 1.165) is 24.6 Å². The topological polar surface area (TPSA) is 15.3 Å². The second kappa shape index (κ2) is 8.25. The van der Waals surface area contributed by atoms with Gasteiger partial charge in [0.05, 0.1) is 0 Å². The van der Waals surface area contributed by atoms with Gasteiger partial charge >= 0.3 is 0 Å². The summed E-state index contributed by atoms with van der Waals surface area (Å²) in [6.07, 6.45) is 7.73. The van der Waals surface area contributed by atoms with E-state index in [2.05, 4.69) is 47.5 Å². The van der Waals surface area contributed by atoms with Crippen LogP contribution in [0.1, 0.15) is 44.6 Å². The monoisotopic (exact) mass is 290 g/mol. The van der Waals surface area contributed by atoms with Crippen molar-refractivity contribution >= 4 is 17.3 Å². The molecule has 1 aliphatic rings. The Hall–Kier alpha value is -1.09. The minimum absolute atomic E-state index is 0.658. The number of nitrogens with one attached hydrogen (secondary N) is 1. The fourth-order valence-electron chi connectivity index (χ4n) is 3.02. The summed E-state index contributed by atoms with van der Waals surface area (Å²) in [5.74, 6) is 0. The Morgan fingerprint density at radius 3 is 2.55 bits per heavy atom. The van der Waals surface area contributed by atoms with Gasteiger partial charge in [-0.15, -0.1) is 0 Å². The van der Waals surface area contributed by atoms with Gasteiger partial charge in [-0.3, -0.25) is 0 Å². The van der Waals surface area contributed by atoms with Gasteiger partial charge in [-0.1, -0.05) is 49.6 Å². The van der Waals surface area contributed by atoms with Crippen LogP contribution < -0.4 is 5.32 Å². The second-order valence-corrected chi connectivity index (χ2v) is 5.93. The molecule has 0 aliphatic heterocycles. The molecule has 110 valence electrons. The van der Waals surface area contributed by atoms with Gasteiger partial charge in [-0.05, 0) is 44.0 Å². The average molecular weight is 290 g/mol. The highest BCUT2D eigenvalue weighted by atomic mass is 32.1. The zero-order valence-electron chi connectivity index (χ0n) is 12.5. The molecule has 20 heavy (non-hydrogen) atoms. The first kappa shape index (κ1) is 15.3. The largest absolute Gasteiger partial charge is 0.362 e. The van der Waals surface area contributed by atoms with Gasteiger partial charge in [-0.25, -0.2) is 0 Å². The Kier molecular flexibility index (Phi) is 6.31. The smallest absolute Gasteiger partial charge is 0.169 e. The van der Waals surface area contributed by atoms with Crippen LogP contribution in [0.4, 0.5) is 0 Å². The standard InChI is InChI=1S/C17H26N2S/c1-2-19(16-11-7-4-8-12-16)17(20)18-14-13-15-9-5-3-6-10-15/h3,5-6,9-10,16H,2,4,7-8,11-14H2,1H3,(H,18,20). The minimum Gasteiger partial charge on any atom is -0.362 e. The predicted molar refractivity (Wildman–Crippen MR) is 90.0 cm³/mol. The number of rotatable bonds is 5. The third-order valence-corrected chi connectivity index (χ3v) is 4.53. The Bertz CT molecular complexity index is 399. The molecule has 0 unspecified atom stereocenters. The number of nitrogens with zero attached hydrogens (tertiary/aromatic N) is 1. The number of hydrogen-bond acceptors (Lipinski definition) is 1. The molecular weight excluding hydrogens is 264 g/mol. The van der Waals surface area contributed by atoms with Crippen molar-refractivity contribution < 1.29 is 0 Å². The molecule has 0 atom stereocenters. The molecule has 1 aliphatic carbocycles. The minimum atomic E-state index is 0.658. The first-order valence-corrected chi connectivity index (χ1v) is 8.30. The van der Waals surface area contributed by atoms with Gasteiger partial charge in [0.2, 0.25) is 0 Å². The molecule has 1 aromatic rings. The molecule has 0 radical (unpaired) electrons. The second-order valence-electron chi connectivity index (χ2n) is 5.55. The summed E-state index contributed by atoms with van der Waals surface area (Å²) in [5.41, 5.74) is 1.36. The summed E-state index contributed by atoms with van der Waals surface area (Å²) in [5, 5.41) is 4.38. The van der Waals surface area contributed by atoms with Crippen molar-refractivity contribution in [2.45, 2.75) is 51.5 Å². The van der Waals surface area contributed by atoms with Crippen LogP contribution in [0, 0.1) is 0 Å². The fourth-order valence-corrected chi connectivity index (χ4v) is 3.40. The van der Waals surface area contributed by atoms with Crippen LogP contribution in [-0.4, -0.2) is 29.1 Å². The van der Waals surface area contributed by atoms with E-state index in [0.29, 0.717) is 6.04 Å². The summed E-state index contributed by atoms with van der Waals surface area (Å²) in [7, 11) is 0. The molecule has 2 rings (SSSR count). The lowest BCUT2D eigenvalue weighted by molar-refractivity contribution is 0.249. The molecule has 0 saturated heterocycles. The molecule has 2 nitrogen and oxygen atoms in total. The van der Waals surface area contributed by atoms with Gasteiger partial charge < -0.3 is 10.2 Å². The van der Waals surface area contributed by atoms with E-state index in [1.807, 2.05) is 0 Å². The molecule has 3 heteroatoms. The van der Waals surface area contributed by atoms with Gasteiger partial charge in [0, 0.05) is 19.1 Å². The Morgan fingerprint density at radius 1 is 1.20 bits per heavy atom. The van der Waals surface area contributed by atoms with Gasteiger partial charge in [0.1, 0.15) is 0 Å². The van der Waals surface area contributed by atoms with Crippen LogP contribution >= 0.6 is 12.2 Å². The van der Waals surface area contributed by atoms with E-state index in [1.54, 1.807) is 0 Å². The van der Waals surface area contributed by atoms with E-state index in [4.69, 9.17) is 12.2 Å². The lowest BCUT2D eigenvalue weighted by Crippen LogP contribution is -2.47. The molecule has 0 heterocycles. The van der Waals surface area contributed by atoms with Crippen LogP contribution in [0.5, 0.6) is 0 Å².